The molecule has 30 rings (SSSR count). The molecule has 143 heavy (non-hydrogen) atoms. The highest BCUT2D eigenvalue weighted by Gasteiger charge is 2.53. The van der Waals surface area contributed by atoms with Crippen LogP contribution in [-0.2, 0) is 21.7 Å². The zero-order valence-electron chi connectivity index (χ0n) is 80.6. The van der Waals surface area contributed by atoms with E-state index in [1.165, 1.54) is 216 Å². The van der Waals surface area contributed by atoms with Gasteiger partial charge in [-0.3, -0.25) is 0 Å². The average molecular weight is 1920 g/mol. The molecule has 7 heteroatoms. The van der Waals surface area contributed by atoms with Crippen molar-refractivity contribution in [1.82, 2.24) is 9.13 Å². The van der Waals surface area contributed by atoms with Gasteiger partial charge in [0.25, 0.3) is 0 Å². The molecule has 10 aliphatic carbocycles. The molecule has 0 radical (unpaired) electrons. The summed E-state index contributed by atoms with van der Waals surface area (Å²) in [6.45, 7) is 9.47. The fourth-order valence-electron chi connectivity index (χ4n) is 28.0. The van der Waals surface area contributed by atoms with Gasteiger partial charge in [0, 0.05) is 111 Å². The van der Waals surface area contributed by atoms with E-state index in [-0.39, 0.29) is 25.7 Å². The molecule has 2 aromatic heterocycles. The van der Waals surface area contributed by atoms with Crippen molar-refractivity contribution in [2.75, 3.05) is 20.0 Å². The summed E-state index contributed by atoms with van der Waals surface area (Å²) in [6, 6.07) is 161. The molecule has 0 saturated heterocycles. The van der Waals surface area contributed by atoms with Crippen molar-refractivity contribution in [3.05, 3.63) is 475 Å². The van der Waals surface area contributed by atoms with Crippen LogP contribution >= 0.6 is 15.9 Å². The van der Waals surface area contributed by atoms with E-state index >= 15 is 0 Å². The van der Waals surface area contributed by atoms with E-state index in [1.54, 1.807) is 11.1 Å². The molecule has 10 aliphatic rings. The van der Waals surface area contributed by atoms with E-state index in [0.717, 1.165) is 85.5 Å². The molecule has 8 bridgehead atoms. The van der Waals surface area contributed by atoms with E-state index in [4.69, 9.17) is 0 Å². The van der Waals surface area contributed by atoms with Crippen molar-refractivity contribution in [2.24, 2.45) is 35.5 Å². The van der Waals surface area contributed by atoms with Gasteiger partial charge >= 0.3 is 0 Å². The van der Waals surface area contributed by atoms with E-state index in [0.29, 0.717) is 10.8 Å². The molecule has 0 unspecified atom stereocenters. The second-order valence-electron chi connectivity index (χ2n) is 43.1. The second kappa shape index (κ2) is 36.6. The standard InChI is InChI=1S/C67H57N3.C36H25BrN2.C31H33N.2CH4/c1-66(2)62-19-11-9-17-58(62)59-35-33-57(41-63(59)66)69(55-31-25-50(26-32-55)67-42-45-37-46(43-67)39-47(38-45)44-67)54-29-23-49(24-30-54)48-21-27-53(28-22-48)68(51-13-5-3-6-14-51)56-34-36-65-61(40-56)60-18-10-12-20-64(60)70(65)52-15-7-4-8-16-52;37-28-19-15-26(16-20-28)27-17-21-31(22-18-27)38(29-9-3-1-4-10-29)32-23-24-36-34(25-32)33-13-7-8-14-35(33)39(36)30-11-5-2-6-12-30;1-30(2)28-6-4-3-5-26(28)27-12-11-25(16-29(27)30)32-24-9-7-23(8-10-24)31-17-20-13-21(18-31)15-22(14-20)19-31;;/h3-36,40-41,45-47H,37-39,42-44H2,1-2H3;1-25H;3-12,16,20-22,32H,13-15,17-19H2,1-2H3;2*1H4. The molecular weight excluding hydrogens is 1800 g/mol. The van der Waals surface area contributed by atoms with Crippen molar-refractivity contribution >= 4 is 122 Å². The van der Waals surface area contributed by atoms with E-state index in [1.807, 2.05) is 0 Å². The Morgan fingerprint density at radius 2 is 0.517 bits per heavy atom. The highest BCUT2D eigenvalue weighted by atomic mass is 79.9. The number of benzene rings is 18. The third kappa shape index (κ3) is 16.2. The van der Waals surface area contributed by atoms with Gasteiger partial charge in [0.2, 0.25) is 0 Å². The fourth-order valence-corrected chi connectivity index (χ4v) is 28.3. The Balaban J connectivity index is 0.000000127. The largest absolute Gasteiger partial charge is 0.356 e. The SMILES string of the molecule is Brc1ccc(-c2ccc(N(c3ccccc3)c3ccc4c(c3)c3ccccc3n4-c3ccccc3)cc2)cc1.C.C.CC1(C)c2ccccc2-c2ccc(N(c3ccc(-c4ccc(N(c5ccccc5)c5ccc6c(c5)c5ccccc5n6-c5ccccc5)cc4)cc3)c3ccc(C45CC6CC(CC(C6)C4)C5)cc3)cc21.CC1(C)c2ccccc2-c2ccc(Nc3ccc(C45CC6CC(CC(C6)C4)C5)cc3)cc21. The molecule has 0 atom stereocenters. The molecule has 704 valence electrons. The number of halogens is 1. The molecular formula is C136H123BrN6. The first kappa shape index (κ1) is 90.8. The van der Waals surface area contributed by atoms with Crippen molar-refractivity contribution in [1.29, 1.82) is 0 Å². The summed E-state index contributed by atoms with van der Waals surface area (Å²) in [4.78, 5) is 7.20. The molecule has 0 spiro atoms. The zero-order chi connectivity index (χ0) is 94.2. The minimum absolute atomic E-state index is 0. The molecule has 18 aromatic carbocycles. The smallest absolute Gasteiger partial charge is 0.0542 e. The van der Waals surface area contributed by atoms with Crippen molar-refractivity contribution in [3.63, 3.8) is 0 Å². The highest BCUT2D eigenvalue weighted by Crippen LogP contribution is 2.64. The summed E-state index contributed by atoms with van der Waals surface area (Å²) in [7, 11) is 0. The third-order valence-corrected chi connectivity index (χ3v) is 34.3. The molecule has 8 saturated carbocycles. The number of nitrogens with one attached hydrogen (secondary N) is 1. The Bertz CT molecular complexity index is 8030. The first-order chi connectivity index (χ1) is 69.1. The molecule has 0 aliphatic heterocycles. The summed E-state index contributed by atoms with van der Waals surface area (Å²) in [6.07, 6.45) is 17.4. The van der Waals surface area contributed by atoms with Gasteiger partial charge in [-0.05, 0) is 395 Å². The first-order valence-electron chi connectivity index (χ1n) is 51.3. The summed E-state index contributed by atoms with van der Waals surface area (Å²) < 4.78 is 5.82. The lowest BCUT2D eigenvalue weighted by Crippen LogP contribution is -2.48. The molecule has 2 heterocycles. The van der Waals surface area contributed by atoms with E-state index in [2.05, 4.69) is 510 Å². The van der Waals surface area contributed by atoms with Crippen LogP contribution in [0.1, 0.15) is 153 Å². The summed E-state index contributed by atoms with van der Waals surface area (Å²) in [5, 5.41) is 8.66. The van der Waals surface area contributed by atoms with Crippen molar-refractivity contribution in [2.45, 2.75) is 141 Å². The number of hydrogen-bond acceptors (Lipinski definition) is 4. The Hall–Kier alpha value is -14.8. The number of para-hydroxylation sites is 6. The van der Waals surface area contributed by atoms with Gasteiger partial charge in [-0.1, -0.05) is 301 Å². The van der Waals surface area contributed by atoms with Crippen LogP contribution in [0.15, 0.2) is 441 Å². The molecule has 0 amide bonds. The van der Waals surface area contributed by atoms with Gasteiger partial charge in [0.1, 0.15) is 0 Å². The Labute approximate surface area is 852 Å². The van der Waals surface area contributed by atoms with Gasteiger partial charge in [0.05, 0.1) is 22.1 Å². The molecule has 8 fully saturated rings. The average Bonchev–Trinajstić information content (AvgIpc) is 0.918. The lowest BCUT2D eigenvalue weighted by molar-refractivity contribution is -0.00530. The summed E-state index contributed by atoms with van der Waals surface area (Å²) >= 11 is 3.54. The maximum Gasteiger partial charge on any atom is 0.0542 e. The number of nitrogens with zero attached hydrogens (tertiary/aromatic N) is 5. The van der Waals surface area contributed by atoms with E-state index < -0.39 is 0 Å². The predicted molar refractivity (Wildman–Crippen MR) is 609 cm³/mol. The normalized spacial score (nSPS) is 19.9. The minimum Gasteiger partial charge on any atom is -0.356 e. The van der Waals surface area contributed by atoms with Gasteiger partial charge in [0.15, 0.2) is 0 Å². The van der Waals surface area contributed by atoms with E-state index in [9.17, 15) is 0 Å². The van der Waals surface area contributed by atoms with Gasteiger partial charge in [-0.2, -0.15) is 0 Å². The lowest BCUT2D eigenvalue weighted by Gasteiger charge is -2.57. The Kier molecular flexibility index (Phi) is 23.3. The highest BCUT2D eigenvalue weighted by molar-refractivity contribution is 9.10. The van der Waals surface area contributed by atoms with Crippen LogP contribution in [0.3, 0.4) is 0 Å². The van der Waals surface area contributed by atoms with Crippen molar-refractivity contribution in [3.8, 4) is 55.9 Å². The summed E-state index contributed by atoms with van der Waals surface area (Å²) in [5.74, 6) is 5.77. The predicted octanol–water partition coefficient (Wildman–Crippen LogP) is 38.3. The first-order valence-corrected chi connectivity index (χ1v) is 52.1. The third-order valence-electron chi connectivity index (χ3n) is 33.8. The Morgan fingerprint density at radius 1 is 0.238 bits per heavy atom. The number of aromatic nitrogens is 2. The van der Waals surface area contributed by atoms with Crippen LogP contribution in [0.4, 0.5) is 62.6 Å². The van der Waals surface area contributed by atoms with Gasteiger partial charge in [-0.25, -0.2) is 0 Å². The molecule has 6 nitrogen and oxygen atoms in total. The van der Waals surface area contributed by atoms with Crippen LogP contribution < -0.4 is 20.0 Å². The number of rotatable bonds is 17. The minimum atomic E-state index is -0.0857. The van der Waals surface area contributed by atoms with Crippen molar-refractivity contribution < 1.29 is 0 Å². The van der Waals surface area contributed by atoms with Crippen LogP contribution in [0.25, 0.3) is 99.5 Å². The lowest BCUT2D eigenvalue weighted by atomic mass is 9.48. The Morgan fingerprint density at radius 3 is 0.916 bits per heavy atom. The van der Waals surface area contributed by atoms with Crippen LogP contribution in [0.5, 0.6) is 0 Å². The quantitative estimate of drug-likeness (QED) is 0.0985. The van der Waals surface area contributed by atoms with Gasteiger partial charge < -0.3 is 29.2 Å². The number of fused-ring (bicyclic) bond motifs is 12. The maximum atomic E-state index is 3.70. The molecule has 1 N–H and O–H groups in total. The number of anilines is 11. The summed E-state index contributed by atoms with van der Waals surface area (Å²) in [5.41, 5.74) is 39.7. The topological polar surface area (TPSA) is 31.6 Å². The zero-order valence-corrected chi connectivity index (χ0v) is 82.2. The van der Waals surface area contributed by atoms with Crippen LogP contribution in [0.2, 0.25) is 0 Å². The molecule has 20 aromatic rings. The number of hydrogen-bond donors (Lipinski definition) is 1. The fraction of sp³-hybridized carbons (Fsp3) is 0.206. The van der Waals surface area contributed by atoms with Gasteiger partial charge in [-0.15, -0.1) is 0 Å². The van der Waals surface area contributed by atoms with Crippen LogP contribution in [-0.4, -0.2) is 9.13 Å². The monoisotopic (exact) mass is 1920 g/mol. The van der Waals surface area contributed by atoms with Crippen LogP contribution in [0, 0.1) is 35.5 Å². The second-order valence-corrected chi connectivity index (χ2v) is 44.0. The maximum absolute atomic E-state index is 3.70.